The molecule has 0 saturated heterocycles. The Balaban J connectivity index is 2.13. The molecular weight excluding hydrogens is 226 g/mol. The van der Waals surface area contributed by atoms with E-state index < -0.39 is 0 Å². The van der Waals surface area contributed by atoms with Crippen LogP contribution in [0.2, 0.25) is 0 Å². The van der Waals surface area contributed by atoms with E-state index in [-0.39, 0.29) is 6.04 Å². The molecule has 0 spiro atoms. The van der Waals surface area contributed by atoms with Crippen LogP contribution in [0.25, 0.3) is 11.2 Å². The van der Waals surface area contributed by atoms with Crippen molar-refractivity contribution in [1.29, 1.82) is 0 Å². The number of benzene rings is 1. The van der Waals surface area contributed by atoms with Crippen LogP contribution in [0.15, 0.2) is 43.0 Å². The van der Waals surface area contributed by atoms with E-state index >= 15 is 0 Å². The quantitative estimate of drug-likeness (QED) is 0.742. The summed E-state index contributed by atoms with van der Waals surface area (Å²) in [7, 11) is 0. The number of fused-ring (bicyclic) bond motifs is 1. The largest absolute Gasteiger partial charge is 0.382 e. The first-order valence-corrected chi connectivity index (χ1v) is 5.75. The molecule has 1 atom stereocenters. The van der Waals surface area contributed by atoms with Gasteiger partial charge < -0.3 is 10.3 Å². The van der Waals surface area contributed by atoms with Crippen LogP contribution in [0.3, 0.4) is 0 Å². The minimum absolute atomic E-state index is 0.158. The molecule has 0 aliphatic heterocycles. The summed E-state index contributed by atoms with van der Waals surface area (Å²) < 4.78 is 2.00. The maximum absolute atomic E-state index is 5.78. The van der Waals surface area contributed by atoms with Crippen LogP contribution in [-0.2, 0) is 0 Å². The Kier molecular flexibility index (Phi) is 2.44. The Bertz CT molecular complexity index is 674. The van der Waals surface area contributed by atoms with Gasteiger partial charge in [0.15, 0.2) is 11.5 Å². The van der Waals surface area contributed by atoms with Crippen molar-refractivity contribution in [3.05, 3.63) is 48.5 Å². The predicted molar refractivity (Wildman–Crippen MR) is 70.0 cm³/mol. The lowest BCUT2D eigenvalue weighted by atomic mass is 10.1. The standard InChI is InChI=1S/C13H13N5/c1-9(10-5-3-2-4-6-10)18-8-17-11-12(14)15-7-16-13(11)18/h2-9H,1H3,(H2,14,15,16)/t9-/m1/s1. The Labute approximate surface area is 104 Å². The molecule has 0 radical (unpaired) electrons. The molecule has 0 unspecified atom stereocenters. The van der Waals surface area contributed by atoms with Crippen molar-refractivity contribution < 1.29 is 0 Å². The SMILES string of the molecule is C[C@H](c1ccccc1)n1cnc2c(N)ncnc21. The molecule has 3 rings (SSSR count). The molecule has 2 N–H and O–H groups in total. The van der Waals surface area contributed by atoms with Gasteiger partial charge in [-0.3, -0.25) is 0 Å². The van der Waals surface area contributed by atoms with Crippen molar-refractivity contribution in [2.75, 3.05) is 5.73 Å². The third-order valence-electron chi connectivity index (χ3n) is 3.09. The first-order valence-electron chi connectivity index (χ1n) is 5.75. The maximum atomic E-state index is 5.78. The van der Waals surface area contributed by atoms with Crippen molar-refractivity contribution in [2.24, 2.45) is 0 Å². The van der Waals surface area contributed by atoms with Crippen LogP contribution in [0.4, 0.5) is 5.82 Å². The lowest BCUT2D eigenvalue weighted by molar-refractivity contribution is 0.652. The summed E-state index contributed by atoms with van der Waals surface area (Å²) in [6.07, 6.45) is 3.22. The van der Waals surface area contributed by atoms with E-state index in [1.165, 1.54) is 11.9 Å². The second-order valence-corrected chi connectivity index (χ2v) is 4.17. The van der Waals surface area contributed by atoms with Crippen LogP contribution in [0.1, 0.15) is 18.5 Å². The highest BCUT2D eigenvalue weighted by molar-refractivity contribution is 5.81. The first-order chi connectivity index (χ1) is 8.77. The second-order valence-electron chi connectivity index (χ2n) is 4.17. The molecule has 0 saturated carbocycles. The van der Waals surface area contributed by atoms with E-state index in [4.69, 9.17) is 5.73 Å². The van der Waals surface area contributed by atoms with Gasteiger partial charge >= 0.3 is 0 Å². The van der Waals surface area contributed by atoms with Crippen molar-refractivity contribution in [3.63, 3.8) is 0 Å². The van der Waals surface area contributed by atoms with Crippen molar-refractivity contribution >= 4 is 17.0 Å². The van der Waals surface area contributed by atoms with E-state index in [0.29, 0.717) is 11.3 Å². The molecule has 0 aliphatic carbocycles. The number of rotatable bonds is 2. The number of aromatic nitrogens is 4. The molecule has 0 aliphatic rings. The fourth-order valence-electron chi connectivity index (χ4n) is 2.05. The molecule has 3 aromatic rings. The minimum Gasteiger partial charge on any atom is -0.382 e. The highest BCUT2D eigenvalue weighted by Gasteiger charge is 2.13. The average molecular weight is 239 g/mol. The average Bonchev–Trinajstić information content (AvgIpc) is 2.84. The lowest BCUT2D eigenvalue weighted by Gasteiger charge is -2.13. The maximum Gasteiger partial charge on any atom is 0.165 e. The van der Waals surface area contributed by atoms with Gasteiger partial charge in [-0.05, 0) is 12.5 Å². The van der Waals surface area contributed by atoms with Gasteiger partial charge in [-0.15, -0.1) is 0 Å². The van der Waals surface area contributed by atoms with Gasteiger partial charge in [0, 0.05) is 0 Å². The summed E-state index contributed by atoms with van der Waals surface area (Å²) in [5.74, 6) is 0.416. The summed E-state index contributed by atoms with van der Waals surface area (Å²) in [4.78, 5) is 12.5. The van der Waals surface area contributed by atoms with Gasteiger partial charge in [-0.1, -0.05) is 30.3 Å². The highest BCUT2D eigenvalue weighted by atomic mass is 15.1. The monoisotopic (exact) mass is 239 g/mol. The highest BCUT2D eigenvalue weighted by Crippen LogP contribution is 2.23. The molecule has 90 valence electrons. The summed E-state index contributed by atoms with van der Waals surface area (Å²) in [6.45, 7) is 2.11. The number of imidazole rings is 1. The minimum atomic E-state index is 0.158. The lowest BCUT2D eigenvalue weighted by Crippen LogP contribution is -2.06. The van der Waals surface area contributed by atoms with Gasteiger partial charge in [-0.2, -0.15) is 0 Å². The fourth-order valence-corrected chi connectivity index (χ4v) is 2.05. The zero-order chi connectivity index (χ0) is 12.5. The van der Waals surface area contributed by atoms with E-state index in [0.717, 1.165) is 5.65 Å². The van der Waals surface area contributed by atoms with E-state index in [2.05, 4.69) is 34.0 Å². The Morgan fingerprint density at radius 1 is 1.11 bits per heavy atom. The molecule has 5 heteroatoms. The molecule has 0 fully saturated rings. The zero-order valence-corrected chi connectivity index (χ0v) is 9.99. The van der Waals surface area contributed by atoms with Gasteiger partial charge in [0.2, 0.25) is 0 Å². The van der Waals surface area contributed by atoms with Crippen LogP contribution in [0, 0.1) is 0 Å². The van der Waals surface area contributed by atoms with Crippen molar-refractivity contribution in [3.8, 4) is 0 Å². The molecule has 2 aromatic heterocycles. The molecule has 0 bridgehead atoms. The van der Waals surface area contributed by atoms with Crippen LogP contribution < -0.4 is 5.73 Å². The van der Waals surface area contributed by atoms with Crippen LogP contribution in [-0.4, -0.2) is 19.5 Å². The molecule has 2 heterocycles. The van der Waals surface area contributed by atoms with Crippen molar-refractivity contribution in [1.82, 2.24) is 19.5 Å². The third kappa shape index (κ3) is 1.60. The number of anilines is 1. The summed E-state index contributed by atoms with van der Waals surface area (Å²) in [6, 6.07) is 10.4. The van der Waals surface area contributed by atoms with Crippen molar-refractivity contribution in [2.45, 2.75) is 13.0 Å². The Hall–Kier alpha value is -2.43. The van der Waals surface area contributed by atoms with E-state index in [1.807, 2.05) is 22.8 Å². The summed E-state index contributed by atoms with van der Waals surface area (Å²) in [5.41, 5.74) is 8.40. The molecule has 5 nitrogen and oxygen atoms in total. The van der Waals surface area contributed by atoms with Gasteiger partial charge in [0.1, 0.15) is 11.8 Å². The number of nitrogens with two attached hydrogens (primary N) is 1. The zero-order valence-electron chi connectivity index (χ0n) is 9.99. The molecule has 18 heavy (non-hydrogen) atoms. The smallest absolute Gasteiger partial charge is 0.165 e. The fraction of sp³-hybridized carbons (Fsp3) is 0.154. The molecular formula is C13H13N5. The molecule has 1 aromatic carbocycles. The topological polar surface area (TPSA) is 69.6 Å². The van der Waals surface area contributed by atoms with Gasteiger partial charge in [-0.25, -0.2) is 15.0 Å². The molecule has 0 amide bonds. The second kappa shape index (κ2) is 4.10. The van der Waals surface area contributed by atoms with Gasteiger partial charge in [0.25, 0.3) is 0 Å². The van der Waals surface area contributed by atoms with E-state index in [1.54, 1.807) is 6.33 Å². The Morgan fingerprint density at radius 3 is 2.67 bits per heavy atom. The third-order valence-corrected chi connectivity index (χ3v) is 3.09. The van der Waals surface area contributed by atoms with E-state index in [9.17, 15) is 0 Å². The Morgan fingerprint density at radius 2 is 1.89 bits per heavy atom. The summed E-state index contributed by atoms with van der Waals surface area (Å²) >= 11 is 0. The van der Waals surface area contributed by atoms with Gasteiger partial charge in [0.05, 0.1) is 12.4 Å². The van der Waals surface area contributed by atoms with Crippen LogP contribution >= 0.6 is 0 Å². The number of hydrogen-bond acceptors (Lipinski definition) is 4. The number of hydrogen-bond donors (Lipinski definition) is 1. The predicted octanol–water partition coefficient (Wildman–Crippen LogP) is 2.02. The number of nitrogen functional groups attached to an aromatic ring is 1. The van der Waals surface area contributed by atoms with Crippen LogP contribution in [0.5, 0.6) is 0 Å². The number of nitrogens with zero attached hydrogens (tertiary/aromatic N) is 4. The first kappa shape index (κ1) is 10.7. The summed E-state index contributed by atoms with van der Waals surface area (Å²) in [5, 5.41) is 0. The normalized spacial score (nSPS) is 12.7.